The van der Waals surface area contributed by atoms with Crippen LogP contribution in [0.25, 0.3) is 0 Å². The van der Waals surface area contributed by atoms with Gasteiger partial charge in [-0.1, -0.05) is 0 Å². The minimum absolute atomic E-state index is 0.0174. The molecular formula is C19H29N3O4S. The Hall–Kier alpha value is -1.48. The van der Waals surface area contributed by atoms with Crippen LogP contribution >= 0.6 is 11.3 Å². The number of piperidine rings is 1. The van der Waals surface area contributed by atoms with Crippen molar-refractivity contribution in [3.63, 3.8) is 0 Å². The molecule has 0 aromatic carbocycles. The molecule has 3 rings (SSSR count). The van der Waals surface area contributed by atoms with Gasteiger partial charge in [0.05, 0.1) is 17.1 Å². The van der Waals surface area contributed by atoms with Gasteiger partial charge in [-0.3, -0.25) is 9.59 Å². The van der Waals surface area contributed by atoms with E-state index in [-0.39, 0.29) is 11.8 Å². The molecular weight excluding hydrogens is 366 g/mol. The van der Waals surface area contributed by atoms with Crippen LogP contribution in [0, 0.1) is 0 Å². The fourth-order valence-corrected chi connectivity index (χ4v) is 4.99. The maximum absolute atomic E-state index is 12.5. The lowest BCUT2D eigenvalue weighted by Gasteiger charge is -2.43. The standard InChI is InChI=1S/C19H29N3O4S/c1-21(2)8-3-7-20-18(25)16-12-14-15(27-16)4-11-26-19(14)5-9-22(10-6-19)17(24)13-23/h12,23H,3-11,13H2,1-2H3,(H,20,25). The summed E-state index contributed by atoms with van der Waals surface area (Å²) >= 11 is 1.56. The predicted molar refractivity (Wildman–Crippen MR) is 104 cm³/mol. The van der Waals surface area contributed by atoms with Crippen LogP contribution in [0.4, 0.5) is 0 Å². The first-order valence-corrected chi connectivity index (χ1v) is 10.4. The summed E-state index contributed by atoms with van der Waals surface area (Å²) < 4.78 is 6.18. The number of thiophene rings is 1. The number of nitrogens with one attached hydrogen (secondary N) is 1. The fourth-order valence-electron chi connectivity index (χ4n) is 3.84. The number of aliphatic hydroxyl groups excluding tert-OH is 1. The normalized spacial score (nSPS) is 18.6. The summed E-state index contributed by atoms with van der Waals surface area (Å²) in [5.74, 6) is -0.250. The lowest BCUT2D eigenvalue weighted by atomic mass is 9.82. The number of likely N-dealkylation sites (tertiary alicyclic amines) is 1. The Kier molecular flexibility index (Phi) is 6.52. The highest BCUT2D eigenvalue weighted by Crippen LogP contribution is 2.44. The highest BCUT2D eigenvalue weighted by atomic mass is 32.1. The first-order valence-electron chi connectivity index (χ1n) is 9.54. The molecule has 0 saturated carbocycles. The molecule has 2 amide bonds. The highest BCUT2D eigenvalue weighted by molar-refractivity contribution is 7.14. The van der Waals surface area contributed by atoms with Gasteiger partial charge in [0, 0.05) is 30.9 Å². The Balaban J connectivity index is 1.66. The van der Waals surface area contributed by atoms with Crippen molar-refractivity contribution in [2.75, 3.05) is 53.5 Å². The van der Waals surface area contributed by atoms with Gasteiger partial charge >= 0.3 is 0 Å². The minimum Gasteiger partial charge on any atom is -0.387 e. The molecule has 0 aliphatic carbocycles. The monoisotopic (exact) mass is 395 g/mol. The molecule has 2 aliphatic heterocycles. The summed E-state index contributed by atoms with van der Waals surface area (Å²) in [6, 6.07) is 1.99. The molecule has 3 heterocycles. The van der Waals surface area contributed by atoms with Crippen molar-refractivity contribution >= 4 is 23.2 Å². The van der Waals surface area contributed by atoms with Gasteiger partial charge in [-0.15, -0.1) is 11.3 Å². The molecule has 1 saturated heterocycles. The van der Waals surface area contributed by atoms with E-state index in [1.807, 2.05) is 20.2 Å². The second-order valence-corrected chi connectivity index (χ2v) is 8.63. The first kappa shape index (κ1) is 20.3. The van der Waals surface area contributed by atoms with Gasteiger partial charge in [0.25, 0.3) is 5.91 Å². The third kappa shape index (κ3) is 4.51. The highest BCUT2D eigenvalue weighted by Gasteiger charge is 2.43. The predicted octanol–water partition coefficient (Wildman–Crippen LogP) is 0.812. The smallest absolute Gasteiger partial charge is 0.261 e. The molecule has 1 fully saturated rings. The molecule has 0 radical (unpaired) electrons. The summed E-state index contributed by atoms with van der Waals surface area (Å²) in [5.41, 5.74) is 0.716. The summed E-state index contributed by atoms with van der Waals surface area (Å²) in [4.78, 5) is 30.0. The molecule has 1 aromatic rings. The van der Waals surface area contributed by atoms with Gasteiger partial charge in [0.15, 0.2) is 0 Å². The van der Waals surface area contributed by atoms with Crippen molar-refractivity contribution in [3.8, 4) is 0 Å². The number of aliphatic hydroxyl groups is 1. The van der Waals surface area contributed by atoms with E-state index in [0.29, 0.717) is 39.1 Å². The average Bonchev–Trinajstić information content (AvgIpc) is 3.11. The van der Waals surface area contributed by atoms with Crippen LogP contribution in [0.5, 0.6) is 0 Å². The maximum Gasteiger partial charge on any atom is 0.261 e. The Labute approximate surface area is 164 Å². The number of amides is 2. The molecule has 8 heteroatoms. The number of hydrogen-bond donors (Lipinski definition) is 2. The van der Waals surface area contributed by atoms with Crippen LogP contribution in [0.1, 0.15) is 39.4 Å². The van der Waals surface area contributed by atoms with E-state index in [1.165, 1.54) is 4.88 Å². The Morgan fingerprint density at radius 1 is 1.37 bits per heavy atom. The zero-order chi connectivity index (χ0) is 19.4. The molecule has 150 valence electrons. The van der Waals surface area contributed by atoms with Gasteiger partial charge in [-0.05, 0) is 51.5 Å². The molecule has 27 heavy (non-hydrogen) atoms. The van der Waals surface area contributed by atoms with Crippen molar-refractivity contribution < 1.29 is 19.4 Å². The van der Waals surface area contributed by atoms with Crippen molar-refractivity contribution in [1.29, 1.82) is 0 Å². The van der Waals surface area contributed by atoms with Gasteiger partial charge in [0.2, 0.25) is 5.91 Å². The Morgan fingerprint density at radius 2 is 2.11 bits per heavy atom. The van der Waals surface area contributed by atoms with Crippen molar-refractivity contribution in [2.24, 2.45) is 0 Å². The van der Waals surface area contributed by atoms with Crippen molar-refractivity contribution in [2.45, 2.75) is 31.3 Å². The number of fused-ring (bicyclic) bond motifs is 2. The Morgan fingerprint density at radius 3 is 2.78 bits per heavy atom. The number of carbonyl (C=O) groups excluding carboxylic acids is 2. The number of nitrogens with zero attached hydrogens (tertiary/aromatic N) is 2. The van der Waals surface area contributed by atoms with E-state index in [2.05, 4.69) is 10.2 Å². The van der Waals surface area contributed by atoms with Crippen LogP contribution in [0.15, 0.2) is 6.07 Å². The largest absolute Gasteiger partial charge is 0.387 e. The van der Waals surface area contributed by atoms with Gasteiger partial charge in [-0.2, -0.15) is 0 Å². The topological polar surface area (TPSA) is 82.1 Å². The van der Waals surface area contributed by atoms with Crippen molar-refractivity contribution in [3.05, 3.63) is 21.4 Å². The number of hydrogen-bond acceptors (Lipinski definition) is 6. The van der Waals surface area contributed by atoms with Gasteiger partial charge in [0.1, 0.15) is 6.61 Å². The SMILES string of the molecule is CN(C)CCCNC(=O)c1cc2c(s1)CCOC21CCN(C(=O)CO)CC1. The fraction of sp³-hybridized carbons (Fsp3) is 0.684. The molecule has 0 bridgehead atoms. The molecule has 0 atom stereocenters. The number of ether oxygens (including phenoxy) is 1. The second-order valence-electron chi connectivity index (χ2n) is 7.49. The molecule has 2 N–H and O–H groups in total. The summed E-state index contributed by atoms with van der Waals surface area (Å²) in [5, 5.41) is 12.1. The van der Waals surface area contributed by atoms with E-state index in [0.717, 1.165) is 29.8 Å². The van der Waals surface area contributed by atoms with Gasteiger partial charge < -0.3 is 25.0 Å². The lowest BCUT2D eigenvalue weighted by Crippen LogP contribution is -2.48. The summed E-state index contributed by atoms with van der Waals surface area (Å²) in [6.45, 7) is 2.95. The number of carbonyl (C=O) groups is 2. The van der Waals surface area contributed by atoms with E-state index in [4.69, 9.17) is 9.84 Å². The average molecular weight is 396 g/mol. The van der Waals surface area contributed by atoms with E-state index in [1.54, 1.807) is 16.2 Å². The van der Waals surface area contributed by atoms with Crippen molar-refractivity contribution in [1.82, 2.24) is 15.1 Å². The first-order chi connectivity index (χ1) is 12.9. The zero-order valence-electron chi connectivity index (χ0n) is 16.1. The van der Waals surface area contributed by atoms with E-state index < -0.39 is 12.2 Å². The molecule has 2 aliphatic rings. The molecule has 1 aromatic heterocycles. The van der Waals surface area contributed by atoms with Crippen LogP contribution in [0.3, 0.4) is 0 Å². The third-order valence-corrected chi connectivity index (χ3v) is 6.55. The molecule has 1 spiro atoms. The van der Waals surface area contributed by atoms with Crippen LogP contribution in [0.2, 0.25) is 0 Å². The number of rotatable bonds is 6. The summed E-state index contributed by atoms with van der Waals surface area (Å²) in [6.07, 6.45) is 3.15. The van der Waals surface area contributed by atoms with Crippen LogP contribution in [-0.2, 0) is 21.6 Å². The second kappa shape index (κ2) is 8.68. The maximum atomic E-state index is 12.5. The van der Waals surface area contributed by atoms with Gasteiger partial charge in [-0.25, -0.2) is 0 Å². The van der Waals surface area contributed by atoms with Crippen LogP contribution in [-0.4, -0.2) is 80.2 Å². The zero-order valence-corrected chi connectivity index (χ0v) is 16.9. The minimum atomic E-state index is -0.449. The Bertz CT molecular complexity index is 680. The quantitative estimate of drug-likeness (QED) is 0.697. The molecule has 0 unspecified atom stereocenters. The molecule has 7 nitrogen and oxygen atoms in total. The van der Waals surface area contributed by atoms with E-state index >= 15 is 0 Å². The lowest BCUT2D eigenvalue weighted by molar-refractivity contribution is -0.143. The summed E-state index contributed by atoms with van der Waals surface area (Å²) in [7, 11) is 4.04. The van der Waals surface area contributed by atoms with Crippen LogP contribution < -0.4 is 5.32 Å². The van der Waals surface area contributed by atoms with E-state index in [9.17, 15) is 9.59 Å². The third-order valence-electron chi connectivity index (χ3n) is 5.36.